The molecule has 0 aliphatic carbocycles. The van der Waals surface area contributed by atoms with Gasteiger partial charge in [-0.3, -0.25) is 0 Å². The van der Waals surface area contributed by atoms with Crippen molar-refractivity contribution in [2.24, 2.45) is 0 Å². The largest absolute Gasteiger partial charge is 0.331 e. The van der Waals surface area contributed by atoms with Crippen molar-refractivity contribution in [3.63, 3.8) is 0 Å². The first-order valence-electron chi connectivity index (χ1n) is 6.69. The molecule has 0 amide bonds. The topological polar surface area (TPSA) is 20.7 Å². The van der Waals surface area contributed by atoms with Gasteiger partial charge in [-0.2, -0.15) is 0 Å². The predicted molar refractivity (Wildman–Crippen MR) is 86.9 cm³/mol. The van der Waals surface area contributed by atoms with Crippen LogP contribution in [0.1, 0.15) is 18.5 Å². The van der Waals surface area contributed by atoms with Crippen molar-refractivity contribution in [2.75, 3.05) is 0 Å². The van der Waals surface area contributed by atoms with Crippen LogP contribution in [-0.4, -0.2) is 9.55 Å². The number of nitrogens with one attached hydrogen (secondary N) is 1. The van der Waals surface area contributed by atoms with Gasteiger partial charge >= 0.3 is 0 Å². The van der Waals surface area contributed by atoms with Crippen LogP contribution in [0, 0.1) is 10.6 Å². The molecular weight excluding hydrogens is 307 g/mol. The number of hydrogen-bond donors (Lipinski definition) is 1. The Kier molecular flexibility index (Phi) is 3.83. The molecule has 3 rings (SSSR count). The van der Waals surface area contributed by atoms with E-state index in [-0.39, 0.29) is 11.9 Å². The highest BCUT2D eigenvalue weighted by Crippen LogP contribution is 2.24. The molecule has 108 valence electrons. The van der Waals surface area contributed by atoms with Crippen LogP contribution >= 0.6 is 23.8 Å². The smallest absolute Gasteiger partial charge is 0.178 e. The molecule has 0 fully saturated rings. The molecule has 21 heavy (non-hydrogen) atoms. The third kappa shape index (κ3) is 2.87. The molecule has 5 heteroatoms. The number of hydrogen-bond acceptors (Lipinski definition) is 1. The number of halogens is 2. The highest BCUT2D eigenvalue weighted by molar-refractivity contribution is 7.71. The van der Waals surface area contributed by atoms with Gasteiger partial charge in [0.2, 0.25) is 0 Å². The monoisotopic (exact) mass is 320 g/mol. The summed E-state index contributed by atoms with van der Waals surface area (Å²) < 4.78 is 15.7. The zero-order chi connectivity index (χ0) is 15.0. The number of imidazole rings is 1. The first-order valence-corrected chi connectivity index (χ1v) is 7.47. The SMILES string of the molecule is CC(Cc1ccc(F)cc1)n1c(=S)[nH]c2cc(Cl)ccc21. The Labute approximate surface area is 132 Å². The molecule has 0 spiro atoms. The first-order chi connectivity index (χ1) is 10.0. The molecule has 1 atom stereocenters. The Bertz CT molecular complexity index is 836. The second kappa shape index (κ2) is 5.62. The van der Waals surface area contributed by atoms with Gasteiger partial charge in [0.25, 0.3) is 0 Å². The van der Waals surface area contributed by atoms with Gasteiger partial charge in [0.05, 0.1) is 11.0 Å². The molecule has 2 aromatic carbocycles. The van der Waals surface area contributed by atoms with E-state index in [0.29, 0.717) is 9.79 Å². The van der Waals surface area contributed by atoms with Gasteiger partial charge < -0.3 is 9.55 Å². The van der Waals surface area contributed by atoms with Crippen LogP contribution < -0.4 is 0 Å². The van der Waals surface area contributed by atoms with E-state index >= 15 is 0 Å². The number of aromatic nitrogens is 2. The Morgan fingerprint density at radius 2 is 1.95 bits per heavy atom. The lowest BCUT2D eigenvalue weighted by Crippen LogP contribution is -2.08. The maximum Gasteiger partial charge on any atom is 0.178 e. The molecule has 0 radical (unpaired) electrons. The van der Waals surface area contributed by atoms with Gasteiger partial charge in [-0.1, -0.05) is 23.7 Å². The molecule has 1 unspecified atom stereocenters. The molecule has 1 N–H and O–H groups in total. The van der Waals surface area contributed by atoms with Crippen molar-refractivity contribution in [1.82, 2.24) is 9.55 Å². The fraction of sp³-hybridized carbons (Fsp3) is 0.188. The number of nitrogens with zero attached hydrogens (tertiary/aromatic N) is 1. The lowest BCUT2D eigenvalue weighted by molar-refractivity contribution is 0.551. The fourth-order valence-corrected chi connectivity index (χ4v) is 3.15. The van der Waals surface area contributed by atoms with Crippen molar-refractivity contribution >= 4 is 34.9 Å². The maximum atomic E-state index is 13.0. The van der Waals surface area contributed by atoms with Crippen molar-refractivity contribution < 1.29 is 4.39 Å². The molecular formula is C16H14ClFN2S. The average molecular weight is 321 g/mol. The van der Waals surface area contributed by atoms with E-state index in [1.807, 2.05) is 18.2 Å². The minimum absolute atomic E-state index is 0.165. The summed E-state index contributed by atoms with van der Waals surface area (Å²) >= 11 is 11.4. The van der Waals surface area contributed by atoms with Crippen LogP contribution in [0.2, 0.25) is 5.02 Å². The van der Waals surface area contributed by atoms with Crippen molar-refractivity contribution in [3.05, 3.63) is 63.6 Å². The Balaban J connectivity index is 1.97. The van der Waals surface area contributed by atoms with Gasteiger partial charge in [0, 0.05) is 11.1 Å². The first kappa shape index (κ1) is 14.3. The number of benzene rings is 2. The quantitative estimate of drug-likeness (QED) is 0.650. The lowest BCUT2D eigenvalue weighted by Gasteiger charge is -2.15. The zero-order valence-electron chi connectivity index (χ0n) is 11.4. The molecule has 0 aliphatic heterocycles. The zero-order valence-corrected chi connectivity index (χ0v) is 13.0. The van der Waals surface area contributed by atoms with Crippen LogP contribution in [0.15, 0.2) is 42.5 Å². The Morgan fingerprint density at radius 1 is 1.24 bits per heavy atom. The summed E-state index contributed by atoms with van der Waals surface area (Å²) in [7, 11) is 0. The van der Waals surface area contributed by atoms with Crippen molar-refractivity contribution in [1.29, 1.82) is 0 Å². The van der Waals surface area contributed by atoms with E-state index in [1.54, 1.807) is 12.1 Å². The molecule has 0 bridgehead atoms. The summed E-state index contributed by atoms with van der Waals surface area (Å²) in [5, 5.41) is 0.678. The molecule has 1 aromatic heterocycles. The number of rotatable bonds is 3. The summed E-state index contributed by atoms with van der Waals surface area (Å²) in [4.78, 5) is 3.18. The summed E-state index contributed by atoms with van der Waals surface area (Å²) in [5.41, 5.74) is 3.03. The number of fused-ring (bicyclic) bond motifs is 1. The van der Waals surface area contributed by atoms with Crippen LogP contribution in [0.5, 0.6) is 0 Å². The summed E-state index contributed by atoms with van der Waals surface area (Å²) in [5.74, 6) is -0.218. The van der Waals surface area contributed by atoms with Crippen LogP contribution in [0.4, 0.5) is 4.39 Å². The van der Waals surface area contributed by atoms with Gasteiger partial charge in [-0.15, -0.1) is 0 Å². The predicted octanol–water partition coefficient (Wildman–Crippen LogP) is 5.30. The van der Waals surface area contributed by atoms with E-state index in [9.17, 15) is 4.39 Å². The van der Waals surface area contributed by atoms with Gasteiger partial charge in [-0.25, -0.2) is 4.39 Å². The molecule has 0 saturated heterocycles. The molecule has 0 saturated carbocycles. The van der Waals surface area contributed by atoms with E-state index in [4.69, 9.17) is 23.8 Å². The Hall–Kier alpha value is -1.65. The van der Waals surface area contributed by atoms with Crippen LogP contribution in [-0.2, 0) is 6.42 Å². The Morgan fingerprint density at radius 3 is 2.67 bits per heavy atom. The summed E-state index contributed by atoms with van der Waals surface area (Å²) in [6, 6.07) is 12.4. The minimum Gasteiger partial charge on any atom is -0.331 e. The molecule has 0 aliphatic rings. The lowest BCUT2D eigenvalue weighted by atomic mass is 10.1. The highest BCUT2D eigenvalue weighted by atomic mass is 35.5. The van der Waals surface area contributed by atoms with Crippen molar-refractivity contribution in [2.45, 2.75) is 19.4 Å². The normalized spacial score (nSPS) is 12.7. The minimum atomic E-state index is -0.218. The highest BCUT2D eigenvalue weighted by Gasteiger charge is 2.12. The molecule has 3 aromatic rings. The number of H-pyrrole nitrogens is 1. The van der Waals surface area contributed by atoms with E-state index < -0.39 is 0 Å². The van der Waals surface area contributed by atoms with Crippen LogP contribution in [0.25, 0.3) is 11.0 Å². The average Bonchev–Trinajstić information content (AvgIpc) is 2.76. The van der Waals surface area contributed by atoms with E-state index in [1.165, 1.54) is 12.1 Å². The van der Waals surface area contributed by atoms with E-state index in [2.05, 4.69) is 16.5 Å². The van der Waals surface area contributed by atoms with Gasteiger partial charge in [-0.05, 0) is 61.5 Å². The second-order valence-corrected chi connectivity index (χ2v) is 5.96. The van der Waals surface area contributed by atoms with E-state index in [0.717, 1.165) is 23.0 Å². The van der Waals surface area contributed by atoms with Gasteiger partial charge in [0.1, 0.15) is 5.82 Å². The summed E-state index contributed by atoms with van der Waals surface area (Å²) in [6.07, 6.45) is 0.782. The van der Waals surface area contributed by atoms with Crippen LogP contribution in [0.3, 0.4) is 0 Å². The summed E-state index contributed by atoms with van der Waals surface area (Å²) in [6.45, 7) is 2.10. The third-order valence-electron chi connectivity index (χ3n) is 3.56. The second-order valence-electron chi connectivity index (χ2n) is 5.14. The number of aromatic amines is 1. The third-order valence-corrected chi connectivity index (χ3v) is 4.10. The van der Waals surface area contributed by atoms with Crippen molar-refractivity contribution in [3.8, 4) is 0 Å². The fourth-order valence-electron chi connectivity index (χ4n) is 2.59. The maximum absolute atomic E-state index is 13.0. The molecule has 2 nitrogen and oxygen atoms in total. The molecule has 1 heterocycles. The van der Waals surface area contributed by atoms with Gasteiger partial charge in [0.15, 0.2) is 4.77 Å². The standard InChI is InChI=1S/C16H14ClFN2S/c1-10(8-11-2-5-13(18)6-3-11)20-15-7-4-12(17)9-14(15)19-16(20)21/h2-7,9-10H,8H2,1H3,(H,19,21).